The molecule has 1 aliphatic heterocycles. The van der Waals surface area contributed by atoms with Gasteiger partial charge in [-0.15, -0.1) is 0 Å². The van der Waals surface area contributed by atoms with Crippen molar-refractivity contribution in [1.29, 1.82) is 0 Å². The summed E-state index contributed by atoms with van der Waals surface area (Å²) in [5, 5.41) is 4.31. The minimum absolute atomic E-state index is 0.0682. The Kier molecular flexibility index (Phi) is 6.28. The largest absolute Gasteiger partial charge is 0.373 e. The predicted octanol–water partition coefficient (Wildman–Crippen LogP) is 1.10. The maximum absolute atomic E-state index is 13.1. The van der Waals surface area contributed by atoms with E-state index in [9.17, 15) is 4.79 Å². The van der Waals surface area contributed by atoms with E-state index in [1.54, 1.807) is 10.9 Å². The summed E-state index contributed by atoms with van der Waals surface area (Å²) >= 11 is 0. The van der Waals surface area contributed by atoms with Crippen molar-refractivity contribution >= 4 is 5.91 Å². The number of ether oxygens (including phenoxy) is 1. The van der Waals surface area contributed by atoms with Crippen LogP contribution >= 0.6 is 0 Å². The maximum atomic E-state index is 13.1. The van der Waals surface area contributed by atoms with Gasteiger partial charge in [0, 0.05) is 63.7 Å². The van der Waals surface area contributed by atoms with E-state index in [0.29, 0.717) is 26.1 Å². The first-order valence-corrected chi connectivity index (χ1v) is 9.54. The fraction of sp³-hybridized carbons (Fsp3) is 0.632. The molecular formula is C19H30N6O2. The number of aromatic nitrogens is 4. The Balaban J connectivity index is 1.76. The standard InChI is InChI=1S/C19H30N6O2/c1-5-17-20-7-9-24(17)8-6-18(26)25-10-11-27-16(14-22(2)3)19(25)15-12-21-23(4)13-15/h7,9,12-13,16,19H,5-6,8,10-11,14H2,1-4H3/t16-,19-/m0/s1. The van der Waals surface area contributed by atoms with Crippen LogP contribution in [0.15, 0.2) is 24.8 Å². The second-order valence-electron chi connectivity index (χ2n) is 7.29. The van der Waals surface area contributed by atoms with Crippen LogP contribution in [0.3, 0.4) is 0 Å². The van der Waals surface area contributed by atoms with Gasteiger partial charge < -0.3 is 19.1 Å². The van der Waals surface area contributed by atoms with Crippen molar-refractivity contribution in [2.24, 2.45) is 7.05 Å². The molecule has 1 amide bonds. The van der Waals surface area contributed by atoms with E-state index in [2.05, 4.69) is 26.5 Å². The predicted molar refractivity (Wildman–Crippen MR) is 102 cm³/mol. The van der Waals surface area contributed by atoms with Crippen LogP contribution in [0, 0.1) is 0 Å². The smallest absolute Gasteiger partial charge is 0.225 e. The molecule has 2 aromatic rings. The van der Waals surface area contributed by atoms with Crippen LogP contribution in [0.4, 0.5) is 0 Å². The number of aryl methyl sites for hydroxylation is 3. The molecule has 2 aromatic heterocycles. The van der Waals surface area contributed by atoms with Gasteiger partial charge in [0.25, 0.3) is 0 Å². The van der Waals surface area contributed by atoms with Crippen molar-refractivity contribution < 1.29 is 9.53 Å². The molecule has 148 valence electrons. The van der Waals surface area contributed by atoms with Gasteiger partial charge in [-0.1, -0.05) is 6.92 Å². The average Bonchev–Trinajstić information content (AvgIpc) is 3.27. The van der Waals surface area contributed by atoms with Crippen molar-refractivity contribution in [3.63, 3.8) is 0 Å². The highest BCUT2D eigenvalue weighted by atomic mass is 16.5. The number of nitrogens with zero attached hydrogens (tertiary/aromatic N) is 6. The molecule has 0 N–H and O–H groups in total. The Morgan fingerprint density at radius 2 is 2.22 bits per heavy atom. The van der Waals surface area contributed by atoms with Gasteiger partial charge in [-0.25, -0.2) is 4.98 Å². The number of imidazole rings is 1. The first-order valence-electron chi connectivity index (χ1n) is 9.54. The van der Waals surface area contributed by atoms with Crippen molar-refractivity contribution in [1.82, 2.24) is 29.1 Å². The lowest BCUT2D eigenvalue weighted by molar-refractivity contribution is -0.148. The Morgan fingerprint density at radius 3 is 2.89 bits per heavy atom. The first kappa shape index (κ1) is 19.6. The molecule has 0 spiro atoms. The van der Waals surface area contributed by atoms with E-state index in [1.807, 2.05) is 44.6 Å². The Bertz CT molecular complexity index is 753. The van der Waals surface area contributed by atoms with E-state index < -0.39 is 0 Å². The second-order valence-corrected chi connectivity index (χ2v) is 7.29. The number of hydrogen-bond donors (Lipinski definition) is 0. The quantitative estimate of drug-likeness (QED) is 0.726. The zero-order valence-corrected chi connectivity index (χ0v) is 16.7. The normalized spacial score (nSPS) is 20.4. The van der Waals surface area contributed by atoms with Gasteiger partial charge in [0.15, 0.2) is 0 Å². The molecule has 1 aliphatic rings. The highest BCUT2D eigenvalue weighted by molar-refractivity contribution is 5.77. The SMILES string of the molecule is CCc1nccn1CCC(=O)N1CCO[C@@H](CN(C)C)[C@@H]1c1cnn(C)c1. The fourth-order valence-corrected chi connectivity index (χ4v) is 3.73. The molecule has 8 heteroatoms. The molecule has 8 nitrogen and oxygen atoms in total. The van der Waals surface area contributed by atoms with Gasteiger partial charge in [-0.2, -0.15) is 5.10 Å². The lowest BCUT2D eigenvalue weighted by Crippen LogP contribution is -2.51. The van der Waals surface area contributed by atoms with Crippen LogP contribution in [-0.2, 0) is 29.5 Å². The number of rotatable bonds is 7. The zero-order valence-electron chi connectivity index (χ0n) is 16.7. The van der Waals surface area contributed by atoms with E-state index in [0.717, 1.165) is 24.4 Å². The highest BCUT2D eigenvalue weighted by Crippen LogP contribution is 2.30. The topological polar surface area (TPSA) is 68.4 Å². The van der Waals surface area contributed by atoms with Gasteiger partial charge >= 0.3 is 0 Å². The molecular weight excluding hydrogens is 344 g/mol. The van der Waals surface area contributed by atoms with Crippen LogP contribution in [0.5, 0.6) is 0 Å². The van der Waals surface area contributed by atoms with Gasteiger partial charge in [-0.05, 0) is 14.1 Å². The molecule has 3 rings (SSSR count). The summed E-state index contributed by atoms with van der Waals surface area (Å²) in [5.74, 6) is 1.16. The minimum Gasteiger partial charge on any atom is -0.373 e. The van der Waals surface area contributed by atoms with Gasteiger partial charge in [0.1, 0.15) is 5.82 Å². The molecule has 27 heavy (non-hydrogen) atoms. The van der Waals surface area contributed by atoms with Crippen LogP contribution in [0.25, 0.3) is 0 Å². The molecule has 0 aliphatic carbocycles. The van der Waals surface area contributed by atoms with Crippen molar-refractivity contribution in [3.8, 4) is 0 Å². The second kappa shape index (κ2) is 8.67. The van der Waals surface area contributed by atoms with Gasteiger partial charge in [0.05, 0.1) is 24.9 Å². The molecule has 3 heterocycles. The molecule has 2 atom stereocenters. The molecule has 1 fully saturated rings. The summed E-state index contributed by atoms with van der Waals surface area (Å²) < 4.78 is 9.88. The van der Waals surface area contributed by atoms with Crippen molar-refractivity contribution in [3.05, 3.63) is 36.2 Å². The molecule has 1 saturated heterocycles. The number of likely N-dealkylation sites (N-methyl/N-ethyl adjacent to an activating group) is 1. The Morgan fingerprint density at radius 1 is 1.41 bits per heavy atom. The number of carbonyl (C=O) groups is 1. The van der Waals surface area contributed by atoms with Crippen LogP contribution in [-0.4, -0.2) is 74.9 Å². The number of amides is 1. The molecule has 0 bridgehead atoms. The third kappa shape index (κ3) is 4.56. The monoisotopic (exact) mass is 374 g/mol. The number of hydrogen-bond acceptors (Lipinski definition) is 5. The van der Waals surface area contributed by atoms with Crippen molar-refractivity contribution in [2.45, 2.75) is 38.5 Å². The lowest BCUT2D eigenvalue weighted by atomic mass is 10.00. The summed E-state index contributed by atoms with van der Waals surface area (Å²) in [6, 6.07) is -0.115. The van der Waals surface area contributed by atoms with Crippen LogP contribution < -0.4 is 0 Å². The van der Waals surface area contributed by atoms with Crippen molar-refractivity contribution in [2.75, 3.05) is 33.8 Å². The average molecular weight is 374 g/mol. The fourth-order valence-electron chi connectivity index (χ4n) is 3.73. The van der Waals surface area contributed by atoms with E-state index >= 15 is 0 Å². The summed E-state index contributed by atoms with van der Waals surface area (Å²) in [5.41, 5.74) is 1.02. The van der Waals surface area contributed by atoms with Crippen LogP contribution in [0.2, 0.25) is 0 Å². The van der Waals surface area contributed by atoms with E-state index in [-0.39, 0.29) is 18.1 Å². The molecule has 0 radical (unpaired) electrons. The third-order valence-electron chi connectivity index (χ3n) is 4.97. The maximum Gasteiger partial charge on any atom is 0.225 e. The lowest BCUT2D eigenvalue weighted by Gasteiger charge is -2.42. The summed E-state index contributed by atoms with van der Waals surface area (Å²) in [6.07, 6.45) is 8.81. The molecule has 0 saturated carbocycles. The number of carbonyl (C=O) groups excluding carboxylic acids is 1. The molecule has 0 aromatic carbocycles. The first-order chi connectivity index (χ1) is 13.0. The Labute approximate surface area is 160 Å². The summed E-state index contributed by atoms with van der Waals surface area (Å²) in [6.45, 7) is 4.65. The van der Waals surface area contributed by atoms with E-state index in [1.165, 1.54) is 0 Å². The zero-order chi connectivity index (χ0) is 19.4. The van der Waals surface area contributed by atoms with Gasteiger partial charge in [0.2, 0.25) is 5.91 Å². The third-order valence-corrected chi connectivity index (χ3v) is 4.97. The van der Waals surface area contributed by atoms with Crippen LogP contribution in [0.1, 0.15) is 30.8 Å². The number of morpholine rings is 1. The Hall–Kier alpha value is -2.19. The molecule has 0 unspecified atom stereocenters. The van der Waals surface area contributed by atoms with Gasteiger partial charge in [-0.3, -0.25) is 9.48 Å². The highest BCUT2D eigenvalue weighted by Gasteiger charge is 2.37. The summed E-state index contributed by atoms with van der Waals surface area (Å²) in [7, 11) is 5.94. The van der Waals surface area contributed by atoms with E-state index in [4.69, 9.17) is 4.74 Å². The minimum atomic E-state index is -0.115. The summed E-state index contributed by atoms with van der Waals surface area (Å²) in [4.78, 5) is 21.5.